The number of benzene rings is 1. The molecule has 3 aromatic rings. The molecule has 0 saturated heterocycles. The molecule has 0 aliphatic heterocycles. The number of thiophene rings is 1. The van der Waals surface area contributed by atoms with E-state index in [9.17, 15) is 22.8 Å². The topological polar surface area (TPSA) is 59.5 Å². The molecule has 0 N–H and O–H groups in total. The van der Waals surface area contributed by atoms with Gasteiger partial charge in [-0.1, -0.05) is 37.3 Å². The third kappa shape index (κ3) is 5.04. The van der Waals surface area contributed by atoms with Crippen LogP contribution in [0.25, 0.3) is 10.2 Å². The van der Waals surface area contributed by atoms with Crippen LogP contribution < -0.4 is 0 Å². The van der Waals surface area contributed by atoms with E-state index in [0.717, 1.165) is 23.0 Å². The van der Waals surface area contributed by atoms with Gasteiger partial charge in [0, 0.05) is 18.5 Å². The Morgan fingerprint density at radius 3 is 2.45 bits per heavy atom. The minimum Gasteiger partial charge on any atom is -0.469 e. The summed E-state index contributed by atoms with van der Waals surface area (Å²) >= 11 is 0.924. The normalized spacial score (nSPS) is 12.6. The summed E-state index contributed by atoms with van der Waals surface area (Å²) in [5.41, 5.74) is 0.430. The van der Waals surface area contributed by atoms with E-state index in [1.54, 1.807) is 13.8 Å². The largest absolute Gasteiger partial charge is 0.469 e. The van der Waals surface area contributed by atoms with Crippen LogP contribution in [0.2, 0.25) is 0 Å². The molecule has 0 aliphatic rings. The maximum absolute atomic E-state index is 13.4. The van der Waals surface area contributed by atoms with Crippen LogP contribution in [0.15, 0.2) is 42.5 Å². The Hall–Kier alpha value is -2.94. The number of carbonyl (C=O) groups is 2. The zero-order valence-electron chi connectivity index (χ0n) is 17.2. The zero-order valence-corrected chi connectivity index (χ0v) is 18.0. The second kappa shape index (κ2) is 9.05. The molecule has 2 aromatic heterocycles. The fraction of sp³-hybridized carbons (Fsp3) is 0.318. The molecule has 5 nitrogen and oxygen atoms in total. The molecule has 0 bridgehead atoms. The summed E-state index contributed by atoms with van der Waals surface area (Å²) in [6.07, 6.45) is -4.56. The Balaban J connectivity index is 1.98. The van der Waals surface area contributed by atoms with E-state index < -0.39 is 23.8 Å². The van der Waals surface area contributed by atoms with E-state index in [1.807, 2.05) is 30.3 Å². The third-order valence-corrected chi connectivity index (χ3v) is 6.08. The Morgan fingerprint density at radius 1 is 1.16 bits per heavy atom. The van der Waals surface area contributed by atoms with Crippen molar-refractivity contribution < 1.29 is 27.5 Å². The number of hydrogen-bond acceptors (Lipinski definition) is 5. The Bertz CT molecular complexity index is 1100. The van der Waals surface area contributed by atoms with Crippen molar-refractivity contribution in [1.82, 2.24) is 9.88 Å². The number of aromatic nitrogens is 1. The highest BCUT2D eigenvalue weighted by atomic mass is 32.1. The molecule has 31 heavy (non-hydrogen) atoms. The van der Waals surface area contributed by atoms with Crippen molar-refractivity contribution in [2.24, 2.45) is 5.92 Å². The second-order valence-corrected chi connectivity index (χ2v) is 8.20. The molecule has 0 spiro atoms. The van der Waals surface area contributed by atoms with Gasteiger partial charge in [-0.05, 0) is 30.2 Å². The average Bonchev–Trinajstić information content (AvgIpc) is 3.08. The summed E-state index contributed by atoms with van der Waals surface area (Å²) in [4.78, 5) is 31.0. The van der Waals surface area contributed by atoms with Crippen LogP contribution in [0.3, 0.4) is 0 Å². The number of nitrogens with zero attached hydrogens (tertiary/aromatic N) is 2. The summed E-state index contributed by atoms with van der Waals surface area (Å²) in [5, 5.41) is 0.502. The van der Waals surface area contributed by atoms with Crippen LogP contribution >= 0.6 is 11.3 Å². The van der Waals surface area contributed by atoms with E-state index in [1.165, 1.54) is 18.1 Å². The molecule has 0 fully saturated rings. The van der Waals surface area contributed by atoms with Crippen molar-refractivity contribution in [1.29, 1.82) is 0 Å². The highest BCUT2D eigenvalue weighted by molar-refractivity contribution is 7.20. The number of halogens is 3. The van der Waals surface area contributed by atoms with Crippen LogP contribution in [0.5, 0.6) is 0 Å². The van der Waals surface area contributed by atoms with Gasteiger partial charge in [-0.25, -0.2) is 4.98 Å². The van der Waals surface area contributed by atoms with Gasteiger partial charge < -0.3 is 9.64 Å². The first-order valence-corrected chi connectivity index (χ1v) is 10.3. The quantitative estimate of drug-likeness (QED) is 0.492. The van der Waals surface area contributed by atoms with Crippen LogP contribution in [-0.4, -0.2) is 35.4 Å². The lowest BCUT2D eigenvalue weighted by Crippen LogP contribution is -2.36. The van der Waals surface area contributed by atoms with Gasteiger partial charge in [-0.2, -0.15) is 13.2 Å². The molecule has 0 saturated carbocycles. The summed E-state index contributed by atoms with van der Waals surface area (Å²) in [6.45, 7) is 3.70. The number of pyridine rings is 1. The van der Waals surface area contributed by atoms with Gasteiger partial charge in [0.1, 0.15) is 10.5 Å². The summed E-state index contributed by atoms with van der Waals surface area (Å²) < 4.78 is 43.9. The molecule has 1 unspecified atom stereocenters. The predicted octanol–water partition coefficient (Wildman–Crippen LogP) is 5.08. The first-order chi connectivity index (χ1) is 14.6. The van der Waals surface area contributed by atoms with Gasteiger partial charge in [0.2, 0.25) is 0 Å². The average molecular weight is 450 g/mol. The number of fused-ring (bicyclic) bond motifs is 1. The first kappa shape index (κ1) is 22.7. The van der Waals surface area contributed by atoms with Crippen molar-refractivity contribution in [2.45, 2.75) is 26.6 Å². The molecule has 3 rings (SSSR count). The standard InChI is InChI=1S/C22H21F3N2O3S/c1-13(21(29)30-3)11-27(12-15-7-5-4-6-8-15)20(28)18-14(2)16-9-10-17(22(23,24)25)26-19(16)31-18/h4-10,13H,11-12H2,1-3H3. The number of carbonyl (C=O) groups excluding carboxylic acids is 2. The lowest BCUT2D eigenvalue weighted by atomic mass is 10.1. The first-order valence-electron chi connectivity index (χ1n) is 9.50. The van der Waals surface area contributed by atoms with Crippen LogP contribution in [0, 0.1) is 12.8 Å². The summed E-state index contributed by atoms with van der Waals surface area (Å²) in [7, 11) is 1.28. The summed E-state index contributed by atoms with van der Waals surface area (Å²) in [6, 6.07) is 11.5. The fourth-order valence-electron chi connectivity index (χ4n) is 3.23. The maximum Gasteiger partial charge on any atom is 0.433 e. The van der Waals surface area contributed by atoms with Gasteiger partial charge >= 0.3 is 12.1 Å². The molecule has 1 amide bonds. The van der Waals surface area contributed by atoms with E-state index in [0.29, 0.717) is 15.8 Å². The van der Waals surface area contributed by atoms with Crippen molar-refractivity contribution >= 4 is 33.4 Å². The van der Waals surface area contributed by atoms with E-state index >= 15 is 0 Å². The number of rotatable bonds is 6. The fourth-order valence-corrected chi connectivity index (χ4v) is 4.38. The van der Waals surface area contributed by atoms with Gasteiger partial charge in [-0.15, -0.1) is 11.3 Å². The van der Waals surface area contributed by atoms with Crippen LogP contribution in [0.1, 0.15) is 33.4 Å². The van der Waals surface area contributed by atoms with Crippen molar-refractivity contribution in [3.63, 3.8) is 0 Å². The summed E-state index contributed by atoms with van der Waals surface area (Å²) in [5.74, 6) is -1.38. The highest BCUT2D eigenvalue weighted by Gasteiger charge is 2.33. The van der Waals surface area contributed by atoms with Crippen LogP contribution in [0.4, 0.5) is 13.2 Å². The monoisotopic (exact) mass is 450 g/mol. The Kier molecular flexibility index (Phi) is 6.64. The second-order valence-electron chi connectivity index (χ2n) is 7.20. The number of aryl methyl sites for hydroxylation is 1. The van der Waals surface area contributed by atoms with Crippen molar-refractivity contribution in [2.75, 3.05) is 13.7 Å². The Morgan fingerprint density at radius 2 is 1.84 bits per heavy atom. The van der Waals surface area contributed by atoms with Crippen molar-refractivity contribution in [3.8, 4) is 0 Å². The van der Waals surface area contributed by atoms with Crippen LogP contribution in [-0.2, 0) is 22.3 Å². The molecule has 164 valence electrons. The lowest BCUT2D eigenvalue weighted by molar-refractivity contribution is -0.145. The van der Waals surface area contributed by atoms with E-state index in [-0.39, 0.29) is 23.8 Å². The molecule has 0 radical (unpaired) electrons. The number of methoxy groups -OCH3 is 1. The number of esters is 1. The number of hydrogen-bond donors (Lipinski definition) is 0. The SMILES string of the molecule is COC(=O)C(C)CN(Cc1ccccc1)C(=O)c1sc2nc(C(F)(F)F)ccc2c1C. The lowest BCUT2D eigenvalue weighted by Gasteiger charge is -2.25. The molecule has 1 aromatic carbocycles. The van der Waals surface area contributed by atoms with Gasteiger partial charge in [-0.3, -0.25) is 9.59 Å². The predicted molar refractivity (Wildman–Crippen MR) is 112 cm³/mol. The Labute approximate surface area is 181 Å². The smallest absolute Gasteiger partial charge is 0.433 e. The van der Waals surface area contributed by atoms with E-state index in [4.69, 9.17) is 4.74 Å². The van der Waals surface area contributed by atoms with Gasteiger partial charge in [0.25, 0.3) is 5.91 Å². The van der Waals surface area contributed by atoms with Gasteiger partial charge in [0.05, 0.1) is 17.9 Å². The minimum atomic E-state index is -4.56. The molecule has 0 aliphatic carbocycles. The van der Waals surface area contributed by atoms with Crippen molar-refractivity contribution in [3.05, 3.63) is 64.2 Å². The molecule has 9 heteroatoms. The minimum absolute atomic E-state index is 0.106. The zero-order chi connectivity index (χ0) is 22.8. The maximum atomic E-state index is 13.4. The third-order valence-electron chi connectivity index (χ3n) is 4.89. The highest BCUT2D eigenvalue weighted by Crippen LogP contribution is 2.35. The number of alkyl halides is 3. The van der Waals surface area contributed by atoms with Gasteiger partial charge in [0.15, 0.2) is 0 Å². The number of ether oxygens (including phenoxy) is 1. The van der Waals surface area contributed by atoms with E-state index in [2.05, 4.69) is 4.98 Å². The number of amides is 1. The molecular formula is C22H21F3N2O3S. The molecule has 1 atom stereocenters. The molecular weight excluding hydrogens is 429 g/mol. The molecule has 2 heterocycles.